The summed E-state index contributed by atoms with van der Waals surface area (Å²) >= 11 is 1.67. The zero-order valence-corrected chi connectivity index (χ0v) is 15.2. The van der Waals surface area contributed by atoms with Crippen LogP contribution in [-0.2, 0) is 17.9 Å². The van der Waals surface area contributed by atoms with Crippen molar-refractivity contribution >= 4 is 17.2 Å². The van der Waals surface area contributed by atoms with Crippen LogP contribution in [0.15, 0.2) is 35.7 Å². The first-order valence-corrected chi connectivity index (χ1v) is 8.71. The van der Waals surface area contributed by atoms with Crippen molar-refractivity contribution in [3.8, 4) is 11.5 Å². The highest BCUT2D eigenvalue weighted by Gasteiger charge is 2.07. The molecule has 1 aromatic heterocycles. The number of thiophene rings is 1. The molecule has 2 rings (SSSR count). The van der Waals surface area contributed by atoms with Gasteiger partial charge in [0.1, 0.15) is 6.61 Å². The summed E-state index contributed by atoms with van der Waals surface area (Å²) in [6.45, 7) is 1.87. The molecule has 0 aliphatic heterocycles. The first kappa shape index (κ1) is 18.3. The Hall–Kier alpha value is -2.05. The highest BCUT2D eigenvalue weighted by atomic mass is 32.1. The number of carbonyl (C=O) groups excluding carboxylic acids is 1. The number of methoxy groups -OCH3 is 1. The maximum Gasteiger partial charge on any atom is 0.223 e. The second-order valence-corrected chi connectivity index (χ2v) is 6.60. The maximum atomic E-state index is 11.5. The number of rotatable bonds is 9. The first-order valence-electron chi connectivity index (χ1n) is 7.83. The van der Waals surface area contributed by atoms with Crippen LogP contribution in [0.3, 0.4) is 0 Å². The minimum absolute atomic E-state index is 0.123. The summed E-state index contributed by atoms with van der Waals surface area (Å²) in [6.07, 6.45) is 0.492. The Labute approximate surface area is 147 Å². The van der Waals surface area contributed by atoms with E-state index in [1.54, 1.807) is 37.4 Å². The van der Waals surface area contributed by atoms with Gasteiger partial charge in [-0.3, -0.25) is 4.79 Å². The molecule has 1 heterocycles. The summed E-state index contributed by atoms with van der Waals surface area (Å²) < 4.78 is 11.2. The van der Waals surface area contributed by atoms with Gasteiger partial charge in [-0.2, -0.15) is 0 Å². The Morgan fingerprint density at radius 1 is 1.25 bits per heavy atom. The molecule has 2 aromatic rings. The summed E-state index contributed by atoms with van der Waals surface area (Å²) in [5.74, 6) is 1.57. The fourth-order valence-electron chi connectivity index (χ4n) is 2.14. The topological polar surface area (TPSA) is 50.8 Å². The maximum absolute atomic E-state index is 11.5. The molecule has 0 radical (unpaired) electrons. The number of hydrogen-bond acceptors (Lipinski definition) is 5. The van der Waals surface area contributed by atoms with Crippen LogP contribution in [0.1, 0.15) is 16.9 Å². The molecule has 24 heavy (non-hydrogen) atoms. The molecule has 5 nitrogen and oxygen atoms in total. The highest BCUT2D eigenvalue weighted by Crippen LogP contribution is 2.29. The lowest BCUT2D eigenvalue weighted by molar-refractivity contribution is -0.128. The van der Waals surface area contributed by atoms with Gasteiger partial charge in [-0.15, -0.1) is 11.3 Å². The van der Waals surface area contributed by atoms with Crippen molar-refractivity contribution < 1.29 is 14.3 Å². The molecule has 130 valence electrons. The van der Waals surface area contributed by atoms with Crippen LogP contribution in [0, 0.1) is 0 Å². The third-order valence-corrected chi connectivity index (χ3v) is 4.37. The molecule has 0 fully saturated rings. The molecule has 0 aliphatic rings. The molecule has 1 aromatic carbocycles. The molecule has 0 atom stereocenters. The van der Waals surface area contributed by atoms with Gasteiger partial charge in [0.15, 0.2) is 11.5 Å². The van der Waals surface area contributed by atoms with E-state index in [-0.39, 0.29) is 5.91 Å². The van der Waals surface area contributed by atoms with Gasteiger partial charge in [-0.1, -0.05) is 12.1 Å². The van der Waals surface area contributed by atoms with Crippen molar-refractivity contribution in [3.63, 3.8) is 0 Å². The molecule has 0 saturated heterocycles. The fourth-order valence-corrected chi connectivity index (χ4v) is 2.75. The third-order valence-electron chi connectivity index (χ3n) is 3.52. The van der Waals surface area contributed by atoms with Crippen molar-refractivity contribution in [2.45, 2.75) is 19.6 Å². The van der Waals surface area contributed by atoms with E-state index in [1.807, 2.05) is 35.7 Å². The number of benzene rings is 1. The van der Waals surface area contributed by atoms with Crippen LogP contribution in [-0.4, -0.2) is 38.6 Å². The van der Waals surface area contributed by atoms with Gasteiger partial charge in [0.25, 0.3) is 0 Å². The van der Waals surface area contributed by atoms with Crippen molar-refractivity contribution in [2.24, 2.45) is 0 Å². The number of amides is 1. The van der Waals surface area contributed by atoms with E-state index < -0.39 is 0 Å². The number of nitrogens with zero attached hydrogens (tertiary/aromatic N) is 1. The second-order valence-electron chi connectivity index (χ2n) is 5.57. The van der Waals surface area contributed by atoms with Crippen LogP contribution >= 0.6 is 11.3 Å². The van der Waals surface area contributed by atoms with E-state index in [0.717, 1.165) is 17.1 Å². The lowest BCUT2D eigenvalue weighted by Gasteiger charge is -2.13. The summed E-state index contributed by atoms with van der Waals surface area (Å²) in [7, 11) is 5.17. The summed E-state index contributed by atoms with van der Waals surface area (Å²) in [4.78, 5) is 14.3. The minimum Gasteiger partial charge on any atom is -0.493 e. The minimum atomic E-state index is 0.123. The van der Waals surface area contributed by atoms with Crippen LogP contribution in [0.4, 0.5) is 0 Å². The molecular weight excluding hydrogens is 324 g/mol. The molecule has 0 unspecified atom stereocenters. The van der Waals surface area contributed by atoms with Crippen molar-refractivity contribution in [1.82, 2.24) is 10.2 Å². The molecule has 0 bridgehead atoms. The van der Waals surface area contributed by atoms with Crippen molar-refractivity contribution in [1.29, 1.82) is 0 Å². The molecule has 0 aliphatic carbocycles. The number of carbonyl (C=O) groups is 1. The predicted octanol–water partition coefficient (Wildman–Crippen LogP) is 2.90. The quantitative estimate of drug-likeness (QED) is 0.708. The second kappa shape index (κ2) is 9.30. The summed E-state index contributed by atoms with van der Waals surface area (Å²) in [5.41, 5.74) is 1.09. The smallest absolute Gasteiger partial charge is 0.223 e. The summed E-state index contributed by atoms with van der Waals surface area (Å²) in [6, 6.07) is 9.95. The van der Waals surface area contributed by atoms with E-state index in [0.29, 0.717) is 26.1 Å². The largest absolute Gasteiger partial charge is 0.493 e. The van der Waals surface area contributed by atoms with Gasteiger partial charge in [-0.25, -0.2) is 0 Å². The van der Waals surface area contributed by atoms with Crippen molar-refractivity contribution in [2.75, 3.05) is 27.7 Å². The van der Waals surface area contributed by atoms with Gasteiger partial charge >= 0.3 is 0 Å². The monoisotopic (exact) mass is 348 g/mol. The fraction of sp³-hybridized carbons (Fsp3) is 0.389. The average molecular weight is 348 g/mol. The molecule has 0 saturated carbocycles. The normalized spacial score (nSPS) is 10.5. The molecule has 1 N–H and O–H groups in total. The first-order chi connectivity index (χ1) is 11.6. The van der Waals surface area contributed by atoms with Crippen LogP contribution in [0.5, 0.6) is 11.5 Å². The standard InChI is InChI=1S/C18H24N2O3S/c1-20(2)18(21)8-9-19-12-14-6-7-16(17(11-14)22-3)23-13-15-5-4-10-24-15/h4-7,10-11,19H,8-9,12-13H2,1-3H3. The van der Waals surface area contributed by atoms with Crippen LogP contribution in [0.2, 0.25) is 0 Å². The zero-order valence-electron chi connectivity index (χ0n) is 14.4. The van der Waals surface area contributed by atoms with Gasteiger partial charge in [0.2, 0.25) is 5.91 Å². The van der Waals surface area contributed by atoms with Gasteiger partial charge in [0.05, 0.1) is 7.11 Å². The molecule has 1 amide bonds. The van der Waals surface area contributed by atoms with Gasteiger partial charge < -0.3 is 19.7 Å². The lowest BCUT2D eigenvalue weighted by Crippen LogP contribution is -2.26. The van der Waals surface area contributed by atoms with E-state index in [1.165, 1.54) is 4.88 Å². The number of hydrogen-bond donors (Lipinski definition) is 1. The van der Waals surface area contributed by atoms with E-state index in [9.17, 15) is 4.79 Å². The Bertz CT molecular complexity index is 642. The van der Waals surface area contributed by atoms with Crippen LogP contribution in [0.25, 0.3) is 0 Å². The predicted molar refractivity (Wildman–Crippen MR) is 96.7 cm³/mol. The highest BCUT2D eigenvalue weighted by molar-refractivity contribution is 7.09. The lowest BCUT2D eigenvalue weighted by atomic mass is 10.2. The Morgan fingerprint density at radius 3 is 2.75 bits per heavy atom. The zero-order chi connectivity index (χ0) is 17.4. The third kappa shape index (κ3) is 5.54. The van der Waals surface area contributed by atoms with Crippen molar-refractivity contribution in [3.05, 3.63) is 46.2 Å². The Kier molecular flexibility index (Phi) is 7.08. The Morgan fingerprint density at radius 2 is 2.08 bits per heavy atom. The molecule has 0 spiro atoms. The number of nitrogens with one attached hydrogen (secondary N) is 1. The SMILES string of the molecule is COc1cc(CNCCC(=O)N(C)C)ccc1OCc1cccs1. The van der Waals surface area contributed by atoms with E-state index in [2.05, 4.69) is 5.32 Å². The van der Waals surface area contributed by atoms with E-state index in [4.69, 9.17) is 9.47 Å². The molecular formula is C18H24N2O3S. The van der Waals surface area contributed by atoms with Gasteiger partial charge in [0, 0.05) is 38.5 Å². The number of ether oxygens (including phenoxy) is 2. The summed E-state index contributed by atoms with van der Waals surface area (Å²) in [5, 5.41) is 5.30. The van der Waals surface area contributed by atoms with Crippen LogP contribution < -0.4 is 14.8 Å². The molecule has 6 heteroatoms. The van der Waals surface area contributed by atoms with Gasteiger partial charge in [-0.05, 0) is 29.1 Å². The Balaban J connectivity index is 1.85. The van der Waals surface area contributed by atoms with E-state index >= 15 is 0 Å². The average Bonchev–Trinajstić information content (AvgIpc) is 3.10.